The number of ether oxygens (including phenoxy) is 2. The number of rotatable bonds is 5. The fourth-order valence-corrected chi connectivity index (χ4v) is 3.00. The van der Waals surface area contributed by atoms with Crippen LogP contribution in [0.1, 0.15) is 17.5 Å². The quantitative estimate of drug-likeness (QED) is 0.834. The van der Waals surface area contributed by atoms with Gasteiger partial charge in [-0.3, -0.25) is 0 Å². The van der Waals surface area contributed by atoms with E-state index >= 15 is 0 Å². The number of halogens is 2. The molecule has 0 saturated carbocycles. The number of nitrogens with zero attached hydrogens (tertiary/aromatic N) is 1. The Balaban J connectivity index is 1.61. The van der Waals surface area contributed by atoms with Crippen LogP contribution in [0.3, 0.4) is 0 Å². The van der Waals surface area contributed by atoms with Gasteiger partial charge >= 0.3 is 0 Å². The fourth-order valence-electron chi connectivity index (χ4n) is 2.20. The highest BCUT2D eigenvalue weighted by molar-refractivity contribution is 7.12. The van der Waals surface area contributed by atoms with Crippen molar-refractivity contribution in [2.45, 2.75) is 19.4 Å². The van der Waals surface area contributed by atoms with Gasteiger partial charge < -0.3 is 9.47 Å². The molecule has 0 radical (unpaired) electrons. The summed E-state index contributed by atoms with van der Waals surface area (Å²) in [6.07, 6.45) is 0.636. The Labute approximate surface area is 131 Å². The van der Waals surface area contributed by atoms with Crippen molar-refractivity contribution in [2.75, 3.05) is 13.2 Å². The van der Waals surface area contributed by atoms with Crippen LogP contribution in [0.5, 0.6) is 5.06 Å². The summed E-state index contributed by atoms with van der Waals surface area (Å²) < 4.78 is 38.4. The van der Waals surface area contributed by atoms with Gasteiger partial charge in [-0.1, -0.05) is 6.07 Å². The lowest BCUT2D eigenvalue weighted by atomic mass is 10.2. The van der Waals surface area contributed by atoms with E-state index in [4.69, 9.17) is 9.47 Å². The molecule has 3 nitrogen and oxygen atoms in total. The molecule has 0 bridgehead atoms. The first-order chi connectivity index (χ1) is 10.6. The Morgan fingerprint density at radius 3 is 2.77 bits per heavy atom. The molecule has 2 heterocycles. The SMILES string of the molecule is Cc1ccsc1OCCC1COC(c2c(F)cccc2F)=N1. The van der Waals surface area contributed by atoms with Gasteiger partial charge in [0.15, 0.2) is 5.06 Å². The van der Waals surface area contributed by atoms with Crippen LogP contribution in [0.2, 0.25) is 0 Å². The summed E-state index contributed by atoms with van der Waals surface area (Å²) in [4.78, 5) is 4.26. The lowest BCUT2D eigenvalue weighted by molar-refractivity contribution is 0.268. The van der Waals surface area contributed by atoms with Gasteiger partial charge in [0, 0.05) is 12.0 Å². The van der Waals surface area contributed by atoms with Crippen LogP contribution in [0.4, 0.5) is 8.78 Å². The number of hydrogen-bond donors (Lipinski definition) is 0. The average molecular weight is 323 g/mol. The Morgan fingerprint density at radius 1 is 1.32 bits per heavy atom. The van der Waals surface area contributed by atoms with Crippen molar-refractivity contribution >= 4 is 17.2 Å². The number of benzene rings is 1. The number of aryl methyl sites for hydroxylation is 1. The van der Waals surface area contributed by atoms with E-state index in [9.17, 15) is 8.78 Å². The zero-order valence-corrected chi connectivity index (χ0v) is 12.8. The minimum absolute atomic E-state index is 0.0351. The minimum atomic E-state index is -0.662. The second kappa shape index (κ2) is 6.44. The largest absolute Gasteiger partial charge is 0.484 e. The van der Waals surface area contributed by atoms with Crippen molar-refractivity contribution in [1.29, 1.82) is 0 Å². The van der Waals surface area contributed by atoms with Crippen LogP contribution in [-0.4, -0.2) is 25.2 Å². The first-order valence-corrected chi connectivity index (χ1v) is 7.85. The van der Waals surface area contributed by atoms with E-state index in [1.807, 2.05) is 18.4 Å². The standard InChI is InChI=1S/C16H15F2NO2S/c1-10-6-8-22-16(10)20-7-5-11-9-21-15(19-11)14-12(17)3-2-4-13(14)18/h2-4,6,8,11H,5,7,9H2,1H3. The Kier molecular flexibility index (Phi) is 4.38. The third-order valence-electron chi connectivity index (χ3n) is 3.39. The molecule has 0 N–H and O–H groups in total. The van der Waals surface area contributed by atoms with Crippen LogP contribution in [0, 0.1) is 18.6 Å². The molecular formula is C16H15F2NO2S. The summed E-state index contributed by atoms with van der Waals surface area (Å²) in [6.45, 7) is 2.80. The summed E-state index contributed by atoms with van der Waals surface area (Å²) >= 11 is 1.54. The summed E-state index contributed by atoms with van der Waals surface area (Å²) in [7, 11) is 0. The van der Waals surface area contributed by atoms with Crippen molar-refractivity contribution in [1.82, 2.24) is 0 Å². The molecule has 0 aliphatic carbocycles. The van der Waals surface area contributed by atoms with Crippen LogP contribution in [0.15, 0.2) is 34.6 Å². The topological polar surface area (TPSA) is 30.8 Å². The molecule has 6 heteroatoms. The molecule has 0 fully saturated rings. The maximum atomic E-state index is 13.7. The molecule has 3 rings (SSSR count). The zero-order valence-electron chi connectivity index (χ0n) is 12.0. The Hall–Kier alpha value is -1.95. The lowest BCUT2D eigenvalue weighted by Gasteiger charge is -2.06. The van der Waals surface area contributed by atoms with Gasteiger partial charge in [0.1, 0.15) is 23.8 Å². The number of hydrogen-bond acceptors (Lipinski definition) is 4. The van der Waals surface area contributed by atoms with Gasteiger partial charge in [0.05, 0.1) is 12.6 Å². The van der Waals surface area contributed by atoms with Gasteiger partial charge in [0.2, 0.25) is 5.90 Å². The predicted octanol–water partition coefficient (Wildman–Crippen LogP) is 3.95. The minimum Gasteiger partial charge on any atom is -0.484 e. The molecule has 2 aromatic rings. The average Bonchev–Trinajstić information content (AvgIpc) is 3.09. The van der Waals surface area contributed by atoms with E-state index in [0.717, 1.165) is 10.6 Å². The summed E-state index contributed by atoms with van der Waals surface area (Å²) in [5.41, 5.74) is 0.908. The highest BCUT2D eigenvalue weighted by Crippen LogP contribution is 2.25. The van der Waals surface area contributed by atoms with Crippen molar-refractivity contribution in [3.63, 3.8) is 0 Å². The fraction of sp³-hybridized carbons (Fsp3) is 0.312. The van der Waals surface area contributed by atoms with Crippen molar-refractivity contribution in [2.24, 2.45) is 4.99 Å². The van der Waals surface area contributed by atoms with Crippen molar-refractivity contribution in [3.05, 3.63) is 52.4 Å². The lowest BCUT2D eigenvalue weighted by Crippen LogP contribution is -2.11. The molecule has 22 heavy (non-hydrogen) atoms. The van der Waals surface area contributed by atoms with Crippen LogP contribution < -0.4 is 4.74 Å². The van der Waals surface area contributed by atoms with Gasteiger partial charge in [0.25, 0.3) is 0 Å². The summed E-state index contributed by atoms with van der Waals surface area (Å²) in [5, 5.41) is 2.86. The molecule has 0 amide bonds. The van der Waals surface area contributed by atoms with Crippen molar-refractivity contribution in [3.8, 4) is 5.06 Å². The predicted molar refractivity (Wildman–Crippen MR) is 81.8 cm³/mol. The zero-order chi connectivity index (χ0) is 15.5. The van der Waals surface area contributed by atoms with Crippen LogP contribution in [-0.2, 0) is 4.74 Å². The molecule has 1 aliphatic heterocycles. The normalized spacial score (nSPS) is 17.2. The summed E-state index contributed by atoms with van der Waals surface area (Å²) in [5.74, 6) is -1.29. The second-order valence-electron chi connectivity index (χ2n) is 5.02. The van der Waals surface area contributed by atoms with Gasteiger partial charge in [-0.2, -0.15) is 0 Å². The van der Waals surface area contributed by atoms with E-state index in [1.54, 1.807) is 11.3 Å². The van der Waals surface area contributed by atoms with E-state index in [0.29, 0.717) is 19.6 Å². The van der Waals surface area contributed by atoms with E-state index in [1.165, 1.54) is 18.2 Å². The van der Waals surface area contributed by atoms with E-state index in [2.05, 4.69) is 4.99 Å². The number of aliphatic imine (C=N–C) groups is 1. The Bertz CT molecular complexity index is 679. The van der Waals surface area contributed by atoms with Crippen molar-refractivity contribution < 1.29 is 18.3 Å². The highest BCUT2D eigenvalue weighted by atomic mass is 32.1. The second-order valence-corrected chi connectivity index (χ2v) is 5.90. The molecule has 1 unspecified atom stereocenters. The maximum Gasteiger partial charge on any atom is 0.222 e. The molecule has 1 atom stereocenters. The first-order valence-electron chi connectivity index (χ1n) is 6.97. The maximum absolute atomic E-state index is 13.7. The molecule has 0 spiro atoms. The molecule has 1 aliphatic rings. The highest BCUT2D eigenvalue weighted by Gasteiger charge is 2.25. The molecule has 1 aromatic carbocycles. The van der Waals surface area contributed by atoms with E-state index in [-0.39, 0.29) is 17.5 Å². The van der Waals surface area contributed by atoms with Gasteiger partial charge in [-0.25, -0.2) is 13.8 Å². The Morgan fingerprint density at radius 2 is 2.09 bits per heavy atom. The monoisotopic (exact) mass is 323 g/mol. The smallest absolute Gasteiger partial charge is 0.222 e. The van der Waals surface area contributed by atoms with Crippen LogP contribution >= 0.6 is 11.3 Å². The third kappa shape index (κ3) is 3.11. The number of thiophene rings is 1. The van der Waals surface area contributed by atoms with Crippen LogP contribution in [0.25, 0.3) is 0 Å². The molecule has 0 saturated heterocycles. The summed E-state index contributed by atoms with van der Waals surface area (Å²) in [6, 6.07) is 5.56. The molecule has 1 aromatic heterocycles. The molecular weight excluding hydrogens is 308 g/mol. The van der Waals surface area contributed by atoms with Gasteiger partial charge in [-0.05, 0) is 30.5 Å². The van der Waals surface area contributed by atoms with Gasteiger partial charge in [-0.15, -0.1) is 11.3 Å². The van der Waals surface area contributed by atoms with E-state index < -0.39 is 11.6 Å². The molecule has 116 valence electrons. The third-order valence-corrected chi connectivity index (χ3v) is 4.31. The first kappa shape index (κ1) is 15.0.